The smallest absolute Gasteiger partial charge is 0.227 e. The molecule has 0 N–H and O–H groups in total. The van der Waals surface area contributed by atoms with Gasteiger partial charge in [0.25, 0.3) is 0 Å². The summed E-state index contributed by atoms with van der Waals surface area (Å²) in [6.45, 7) is 5.49. The van der Waals surface area contributed by atoms with E-state index in [-0.39, 0.29) is 11.8 Å². The molecule has 1 saturated heterocycles. The summed E-state index contributed by atoms with van der Waals surface area (Å²) in [6.07, 6.45) is 0.472. The largest absolute Gasteiger partial charge is 0.497 e. The van der Waals surface area contributed by atoms with Crippen LogP contribution in [0.15, 0.2) is 66.7 Å². The zero-order valence-electron chi connectivity index (χ0n) is 18.7. The first-order chi connectivity index (χ1) is 15.5. The minimum atomic E-state index is 0.0483. The van der Waals surface area contributed by atoms with Crippen molar-refractivity contribution in [3.8, 4) is 5.75 Å². The van der Waals surface area contributed by atoms with E-state index >= 15 is 0 Å². The number of carbonyl (C=O) groups is 1. The Morgan fingerprint density at radius 2 is 1.69 bits per heavy atom. The molecule has 5 nitrogen and oxygen atoms in total. The average Bonchev–Trinajstić information content (AvgIpc) is 3.35. The van der Waals surface area contributed by atoms with Crippen molar-refractivity contribution >= 4 is 22.6 Å². The second-order valence-electron chi connectivity index (χ2n) is 8.54. The van der Waals surface area contributed by atoms with Crippen molar-refractivity contribution in [1.29, 1.82) is 0 Å². The molecule has 3 aromatic carbocycles. The molecule has 0 bridgehead atoms. The summed E-state index contributed by atoms with van der Waals surface area (Å²) in [7, 11) is 1.68. The predicted octanol–water partition coefficient (Wildman–Crippen LogP) is 5.23. The number of nitrogens with zero attached hydrogens (tertiary/aromatic N) is 3. The summed E-state index contributed by atoms with van der Waals surface area (Å²) in [5.74, 6) is 2.03. The van der Waals surface area contributed by atoms with E-state index in [1.165, 1.54) is 5.56 Å². The molecule has 32 heavy (non-hydrogen) atoms. The third-order valence-corrected chi connectivity index (χ3v) is 6.38. The maximum atomic E-state index is 13.1. The zero-order valence-corrected chi connectivity index (χ0v) is 18.7. The fourth-order valence-electron chi connectivity index (χ4n) is 4.81. The van der Waals surface area contributed by atoms with E-state index in [0.29, 0.717) is 19.5 Å². The average molecular weight is 426 g/mol. The number of fused-ring (bicyclic) bond motifs is 1. The molecule has 1 aliphatic heterocycles. The van der Waals surface area contributed by atoms with Crippen LogP contribution in [-0.2, 0) is 11.3 Å². The summed E-state index contributed by atoms with van der Waals surface area (Å²) < 4.78 is 7.57. The number of hydrogen-bond donors (Lipinski definition) is 0. The van der Waals surface area contributed by atoms with Crippen LogP contribution in [0.25, 0.3) is 11.0 Å². The molecule has 1 aliphatic rings. The number of para-hydroxylation sites is 3. The van der Waals surface area contributed by atoms with Gasteiger partial charge < -0.3 is 14.2 Å². The monoisotopic (exact) mass is 425 g/mol. The summed E-state index contributed by atoms with van der Waals surface area (Å²) in [6, 6.07) is 22.5. The molecule has 0 radical (unpaired) electrons. The number of ether oxygens (including phenoxy) is 1. The van der Waals surface area contributed by atoms with E-state index in [9.17, 15) is 4.79 Å². The minimum Gasteiger partial charge on any atom is -0.497 e. The Balaban J connectivity index is 1.53. The molecule has 162 valence electrons. The van der Waals surface area contributed by atoms with Gasteiger partial charge in [-0.3, -0.25) is 4.79 Å². The van der Waals surface area contributed by atoms with Gasteiger partial charge in [0.1, 0.15) is 11.6 Å². The van der Waals surface area contributed by atoms with E-state index in [4.69, 9.17) is 9.72 Å². The number of hydrogen-bond acceptors (Lipinski definition) is 3. The summed E-state index contributed by atoms with van der Waals surface area (Å²) >= 11 is 0. The van der Waals surface area contributed by atoms with Gasteiger partial charge in [-0.05, 0) is 54.8 Å². The van der Waals surface area contributed by atoms with E-state index in [0.717, 1.165) is 39.4 Å². The normalized spacial score (nSPS) is 16.2. The first-order valence-electron chi connectivity index (χ1n) is 11.0. The Kier molecular flexibility index (Phi) is 5.17. The van der Waals surface area contributed by atoms with Gasteiger partial charge in [0, 0.05) is 31.1 Å². The number of methoxy groups -OCH3 is 1. The number of benzene rings is 3. The van der Waals surface area contributed by atoms with Crippen LogP contribution in [0, 0.1) is 13.8 Å². The lowest BCUT2D eigenvalue weighted by molar-refractivity contribution is -0.117. The number of rotatable bonds is 5. The number of aryl methyl sites for hydroxylation is 2. The van der Waals surface area contributed by atoms with Gasteiger partial charge in [0.2, 0.25) is 5.91 Å². The first kappa shape index (κ1) is 20.3. The Morgan fingerprint density at radius 1 is 0.969 bits per heavy atom. The van der Waals surface area contributed by atoms with Crippen molar-refractivity contribution in [1.82, 2.24) is 9.55 Å². The predicted molar refractivity (Wildman–Crippen MR) is 127 cm³/mol. The highest BCUT2D eigenvalue weighted by Crippen LogP contribution is 2.36. The van der Waals surface area contributed by atoms with Gasteiger partial charge in [-0.25, -0.2) is 4.98 Å². The summed E-state index contributed by atoms with van der Waals surface area (Å²) in [5.41, 5.74) is 6.53. The molecule has 4 aromatic rings. The van der Waals surface area contributed by atoms with Crippen LogP contribution < -0.4 is 9.64 Å². The van der Waals surface area contributed by atoms with E-state index in [1.54, 1.807) is 7.11 Å². The van der Waals surface area contributed by atoms with Crippen molar-refractivity contribution in [3.05, 3.63) is 89.2 Å². The second-order valence-corrected chi connectivity index (χ2v) is 8.54. The van der Waals surface area contributed by atoms with Crippen LogP contribution in [0.2, 0.25) is 0 Å². The Morgan fingerprint density at radius 3 is 2.41 bits per heavy atom. The fraction of sp³-hybridized carbons (Fsp3) is 0.259. The maximum Gasteiger partial charge on any atom is 0.227 e. The molecule has 1 fully saturated rings. The molecule has 1 aromatic heterocycles. The number of carbonyl (C=O) groups excluding carboxylic acids is 1. The van der Waals surface area contributed by atoms with Gasteiger partial charge in [-0.15, -0.1) is 0 Å². The van der Waals surface area contributed by atoms with E-state index in [1.807, 2.05) is 41.3 Å². The van der Waals surface area contributed by atoms with Crippen molar-refractivity contribution < 1.29 is 9.53 Å². The topological polar surface area (TPSA) is 47.4 Å². The molecular weight excluding hydrogens is 398 g/mol. The Bertz CT molecular complexity index is 1270. The first-order valence-corrected chi connectivity index (χ1v) is 11.0. The third kappa shape index (κ3) is 3.54. The Hall–Kier alpha value is -3.60. The van der Waals surface area contributed by atoms with Gasteiger partial charge >= 0.3 is 0 Å². The van der Waals surface area contributed by atoms with E-state index in [2.05, 4.69) is 48.7 Å². The molecule has 1 amide bonds. The van der Waals surface area contributed by atoms with Crippen LogP contribution in [0.3, 0.4) is 0 Å². The SMILES string of the molecule is COc1ccc(Cn2c(C3CC(=O)N(c4c(C)cccc4C)C3)nc3ccccc32)cc1. The van der Waals surface area contributed by atoms with Gasteiger partial charge in [-0.1, -0.05) is 42.5 Å². The maximum absolute atomic E-state index is 13.1. The molecule has 0 aliphatic carbocycles. The van der Waals surface area contributed by atoms with Crippen LogP contribution in [0.1, 0.15) is 34.9 Å². The molecule has 5 heteroatoms. The molecule has 1 unspecified atom stereocenters. The van der Waals surface area contributed by atoms with Crippen molar-refractivity contribution in [3.63, 3.8) is 0 Å². The third-order valence-electron chi connectivity index (χ3n) is 6.38. The van der Waals surface area contributed by atoms with Crippen LogP contribution in [0.4, 0.5) is 5.69 Å². The van der Waals surface area contributed by atoms with Crippen molar-refractivity contribution in [2.75, 3.05) is 18.6 Å². The van der Waals surface area contributed by atoms with Gasteiger partial charge in [0.15, 0.2) is 0 Å². The number of aromatic nitrogens is 2. The molecule has 2 heterocycles. The lowest BCUT2D eigenvalue weighted by Gasteiger charge is -2.21. The highest BCUT2D eigenvalue weighted by Gasteiger charge is 2.35. The second kappa shape index (κ2) is 8.15. The zero-order chi connectivity index (χ0) is 22.2. The molecular formula is C27H27N3O2. The number of anilines is 1. The minimum absolute atomic E-state index is 0.0483. The molecule has 0 spiro atoms. The standard InChI is InChI=1S/C27H27N3O2/c1-18-7-6-8-19(2)26(18)30-17-21(15-25(30)31)27-28-23-9-4-5-10-24(23)29(27)16-20-11-13-22(32-3)14-12-20/h4-14,21H,15-17H2,1-3H3. The van der Waals surface area contributed by atoms with E-state index < -0.39 is 0 Å². The highest BCUT2D eigenvalue weighted by molar-refractivity contribution is 5.98. The molecule has 0 saturated carbocycles. The van der Waals surface area contributed by atoms with Crippen LogP contribution in [0.5, 0.6) is 5.75 Å². The summed E-state index contributed by atoms with van der Waals surface area (Å²) in [5, 5.41) is 0. The van der Waals surface area contributed by atoms with Gasteiger partial charge in [-0.2, -0.15) is 0 Å². The quantitative estimate of drug-likeness (QED) is 0.440. The van der Waals surface area contributed by atoms with Crippen LogP contribution >= 0.6 is 0 Å². The molecule has 5 rings (SSSR count). The number of amides is 1. The van der Waals surface area contributed by atoms with Crippen LogP contribution in [-0.4, -0.2) is 29.1 Å². The molecule has 1 atom stereocenters. The van der Waals surface area contributed by atoms with Crippen molar-refractivity contribution in [2.45, 2.75) is 32.7 Å². The summed E-state index contributed by atoms with van der Waals surface area (Å²) in [4.78, 5) is 20.0. The number of imidazole rings is 1. The lowest BCUT2D eigenvalue weighted by atomic mass is 10.1. The van der Waals surface area contributed by atoms with Gasteiger partial charge in [0.05, 0.1) is 18.1 Å². The lowest BCUT2D eigenvalue weighted by Crippen LogP contribution is -2.26. The van der Waals surface area contributed by atoms with Crippen molar-refractivity contribution in [2.24, 2.45) is 0 Å². The highest BCUT2D eigenvalue weighted by atomic mass is 16.5. The Labute approximate surface area is 188 Å². The fourth-order valence-corrected chi connectivity index (χ4v) is 4.81.